The highest BCUT2D eigenvalue weighted by Gasteiger charge is 2.29. The van der Waals surface area contributed by atoms with E-state index in [0.717, 1.165) is 22.3 Å². The average Bonchev–Trinajstić information content (AvgIpc) is 2.28. The second-order valence-corrected chi connectivity index (χ2v) is 3.29. The van der Waals surface area contributed by atoms with Gasteiger partial charge in [-0.3, -0.25) is 4.90 Å². The second kappa shape index (κ2) is 7.30. The molecule has 102 valence electrons. The van der Waals surface area contributed by atoms with Crippen molar-refractivity contribution >= 4 is 12.2 Å². The van der Waals surface area contributed by atoms with Gasteiger partial charge in [0.05, 0.1) is 0 Å². The molecule has 8 heteroatoms. The van der Waals surface area contributed by atoms with Gasteiger partial charge in [0.25, 0.3) is 0 Å². The van der Waals surface area contributed by atoms with Crippen molar-refractivity contribution < 1.29 is 19.8 Å². The molecule has 0 aromatic heterocycles. The molecule has 0 spiro atoms. The molecule has 1 unspecified atom stereocenters. The van der Waals surface area contributed by atoms with E-state index < -0.39 is 18.4 Å². The van der Waals surface area contributed by atoms with Crippen LogP contribution in [-0.2, 0) is 0 Å². The Hall–Kier alpha value is -2.06. The van der Waals surface area contributed by atoms with Crippen LogP contribution in [0.5, 0.6) is 0 Å². The summed E-state index contributed by atoms with van der Waals surface area (Å²) in [7, 11) is 3.07. The lowest BCUT2D eigenvalue weighted by Crippen LogP contribution is -2.57. The molecular formula is C10H18N4O4. The molecule has 0 aromatic rings. The third-order valence-corrected chi connectivity index (χ3v) is 2.27. The van der Waals surface area contributed by atoms with Gasteiger partial charge in [0.1, 0.15) is 6.17 Å². The Bertz CT molecular complexity index is 334. The van der Waals surface area contributed by atoms with Gasteiger partial charge in [0, 0.05) is 26.0 Å². The molecule has 2 amide bonds. The van der Waals surface area contributed by atoms with E-state index in [-0.39, 0.29) is 6.54 Å². The van der Waals surface area contributed by atoms with E-state index in [1.807, 2.05) is 0 Å². The first-order valence-electron chi connectivity index (χ1n) is 5.06. The summed E-state index contributed by atoms with van der Waals surface area (Å²) < 4.78 is 0. The molecule has 0 heterocycles. The fourth-order valence-electron chi connectivity index (χ4n) is 1.41. The van der Waals surface area contributed by atoms with Crippen molar-refractivity contribution in [1.29, 1.82) is 0 Å². The van der Waals surface area contributed by atoms with Crippen molar-refractivity contribution in [3.8, 4) is 0 Å². The lowest BCUT2D eigenvalue weighted by molar-refractivity contribution is -0.0283. The Morgan fingerprint density at radius 1 is 1.28 bits per heavy atom. The van der Waals surface area contributed by atoms with Crippen LogP contribution in [0.1, 0.15) is 0 Å². The lowest BCUT2D eigenvalue weighted by Gasteiger charge is -2.37. The number of carbonyl (C=O) groups is 2. The van der Waals surface area contributed by atoms with Crippen LogP contribution in [0.4, 0.5) is 9.59 Å². The normalized spacial score (nSPS) is 11.7. The quantitative estimate of drug-likeness (QED) is 0.458. The van der Waals surface area contributed by atoms with E-state index in [4.69, 9.17) is 10.2 Å². The van der Waals surface area contributed by atoms with Gasteiger partial charge in [-0.2, -0.15) is 5.01 Å². The fourth-order valence-corrected chi connectivity index (χ4v) is 1.41. The van der Waals surface area contributed by atoms with Gasteiger partial charge in [0.15, 0.2) is 0 Å². The summed E-state index contributed by atoms with van der Waals surface area (Å²) in [4.78, 5) is 22.9. The Balaban J connectivity index is 5.19. The smallest absolute Gasteiger partial charge is 0.426 e. The van der Waals surface area contributed by atoms with E-state index in [1.165, 1.54) is 12.1 Å². The molecule has 18 heavy (non-hydrogen) atoms. The SMILES string of the molecule is C=CN(C(=O)O)C(CNC)N(C)N(C=C)C(=O)O. The third kappa shape index (κ3) is 3.75. The Morgan fingerprint density at radius 3 is 2.11 bits per heavy atom. The molecule has 0 radical (unpaired) electrons. The van der Waals surface area contributed by atoms with E-state index in [0.29, 0.717) is 0 Å². The number of amides is 2. The summed E-state index contributed by atoms with van der Waals surface area (Å²) in [5.74, 6) is 0. The predicted molar refractivity (Wildman–Crippen MR) is 65.6 cm³/mol. The van der Waals surface area contributed by atoms with E-state index in [2.05, 4.69) is 18.5 Å². The van der Waals surface area contributed by atoms with Crippen molar-refractivity contribution in [2.45, 2.75) is 6.17 Å². The van der Waals surface area contributed by atoms with Gasteiger partial charge in [-0.25, -0.2) is 14.6 Å². The Kier molecular flexibility index (Phi) is 6.47. The van der Waals surface area contributed by atoms with Crippen molar-refractivity contribution in [2.75, 3.05) is 20.6 Å². The topological polar surface area (TPSA) is 96.4 Å². The monoisotopic (exact) mass is 258 g/mol. The number of rotatable bonds is 7. The summed E-state index contributed by atoms with van der Waals surface area (Å²) in [5, 5.41) is 22.8. The first kappa shape index (κ1) is 15.9. The number of likely N-dealkylation sites (N-methyl/N-ethyl adjacent to an activating group) is 2. The summed E-state index contributed by atoms with van der Waals surface area (Å²) in [6.07, 6.45) is -1.06. The van der Waals surface area contributed by atoms with Crippen molar-refractivity contribution in [3.63, 3.8) is 0 Å². The van der Waals surface area contributed by atoms with Crippen LogP contribution >= 0.6 is 0 Å². The molecule has 0 aromatic carbocycles. The zero-order chi connectivity index (χ0) is 14.3. The van der Waals surface area contributed by atoms with Crippen LogP contribution < -0.4 is 5.32 Å². The van der Waals surface area contributed by atoms with Crippen molar-refractivity contribution in [1.82, 2.24) is 20.2 Å². The highest BCUT2D eigenvalue weighted by molar-refractivity contribution is 5.67. The number of carboxylic acid groups (broad SMARTS) is 2. The van der Waals surface area contributed by atoms with Gasteiger partial charge < -0.3 is 15.5 Å². The molecule has 0 aliphatic carbocycles. The first-order chi connectivity index (χ1) is 8.40. The fraction of sp³-hybridized carbons (Fsp3) is 0.400. The highest BCUT2D eigenvalue weighted by Crippen LogP contribution is 2.09. The first-order valence-corrected chi connectivity index (χ1v) is 5.06. The molecule has 3 N–H and O–H groups in total. The largest absolute Gasteiger partial charge is 0.465 e. The maximum absolute atomic E-state index is 11.0. The lowest BCUT2D eigenvalue weighted by atomic mass is 10.4. The van der Waals surface area contributed by atoms with E-state index in [1.54, 1.807) is 7.05 Å². The number of hydrazine groups is 1. The minimum Gasteiger partial charge on any atom is -0.465 e. The molecule has 0 saturated carbocycles. The van der Waals surface area contributed by atoms with E-state index in [9.17, 15) is 9.59 Å². The molecule has 0 rings (SSSR count). The van der Waals surface area contributed by atoms with E-state index >= 15 is 0 Å². The van der Waals surface area contributed by atoms with Crippen LogP contribution in [-0.4, -0.2) is 64.1 Å². The molecule has 0 fully saturated rings. The standard InChI is InChI=1S/C10H18N4O4/c1-5-13(9(15)16)8(7-11-3)12(4)14(6-2)10(17)18/h5-6,8,11H,1-2,7H2,3-4H3,(H,15,16)(H,17,18). The predicted octanol–water partition coefficient (Wildman–Crippen LogP) is 0.626. The van der Waals surface area contributed by atoms with Gasteiger partial charge in [-0.15, -0.1) is 0 Å². The molecule has 0 bridgehead atoms. The molecule has 0 aliphatic heterocycles. The van der Waals surface area contributed by atoms with Gasteiger partial charge in [-0.1, -0.05) is 13.2 Å². The Morgan fingerprint density at radius 2 is 1.83 bits per heavy atom. The molecule has 8 nitrogen and oxygen atoms in total. The van der Waals surface area contributed by atoms with Gasteiger partial charge >= 0.3 is 12.2 Å². The molecule has 0 aliphatic rings. The maximum atomic E-state index is 11.0. The van der Waals surface area contributed by atoms with Crippen LogP contribution in [0.2, 0.25) is 0 Å². The number of hydrogen-bond acceptors (Lipinski definition) is 4. The number of hydrogen-bond donors (Lipinski definition) is 3. The summed E-state index contributed by atoms with van der Waals surface area (Å²) in [6.45, 7) is 6.98. The summed E-state index contributed by atoms with van der Waals surface area (Å²) in [6, 6.07) is 0. The van der Waals surface area contributed by atoms with Gasteiger partial charge in [0.2, 0.25) is 0 Å². The maximum Gasteiger partial charge on any atom is 0.426 e. The zero-order valence-corrected chi connectivity index (χ0v) is 10.4. The zero-order valence-electron chi connectivity index (χ0n) is 10.4. The van der Waals surface area contributed by atoms with Gasteiger partial charge in [-0.05, 0) is 7.05 Å². The summed E-state index contributed by atoms with van der Waals surface area (Å²) in [5.41, 5.74) is 0. The average molecular weight is 258 g/mol. The van der Waals surface area contributed by atoms with Crippen LogP contribution in [0.15, 0.2) is 25.6 Å². The number of nitrogens with one attached hydrogen (secondary N) is 1. The minimum atomic E-state index is -1.26. The number of nitrogens with zero attached hydrogens (tertiary/aromatic N) is 3. The second-order valence-electron chi connectivity index (χ2n) is 3.29. The van der Waals surface area contributed by atoms with Crippen molar-refractivity contribution in [2.24, 2.45) is 0 Å². The van der Waals surface area contributed by atoms with Crippen LogP contribution in [0.3, 0.4) is 0 Å². The minimum absolute atomic E-state index is 0.215. The third-order valence-electron chi connectivity index (χ3n) is 2.27. The highest BCUT2D eigenvalue weighted by atomic mass is 16.4. The Labute approximate surface area is 105 Å². The van der Waals surface area contributed by atoms with Crippen molar-refractivity contribution in [3.05, 3.63) is 25.6 Å². The van der Waals surface area contributed by atoms with Crippen LogP contribution in [0, 0.1) is 0 Å². The molecular weight excluding hydrogens is 240 g/mol. The summed E-state index contributed by atoms with van der Waals surface area (Å²) >= 11 is 0. The molecule has 1 atom stereocenters. The molecule has 0 saturated heterocycles. The van der Waals surface area contributed by atoms with Crippen LogP contribution in [0.25, 0.3) is 0 Å².